The van der Waals surface area contributed by atoms with Crippen molar-refractivity contribution in [2.75, 3.05) is 7.05 Å². The zero-order chi connectivity index (χ0) is 13.1. The summed E-state index contributed by atoms with van der Waals surface area (Å²) in [4.78, 5) is 0. The highest BCUT2D eigenvalue weighted by Crippen LogP contribution is 2.34. The van der Waals surface area contributed by atoms with Crippen LogP contribution in [0.5, 0.6) is 0 Å². The number of likely N-dealkylation sites (N-methyl/N-ethyl adjacent to an activating group) is 1. The Morgan fingerprint density at radius 2 is 1.78 bits per heavy atom. The fourth-order valence-corrected chi connectivity index (χ4v) is 2.97. The zero-order valence-corrected chi connectivity index (χ0v) is 11.1. The predicted molar refractivity (Wildman–Crippen MR) is 69.8 cm³/mol. The van der Waals surface area contributed by atoms with Crippen molar-refractivity contribution in [3.8, 4) is 0 Å². The molecule has 2 atom stereocenters. The Bertz CT molecular complexity index is 417. The lowest BCUT2D eigenvalue weighted by Crippen LogP contribution is -2.31. The van der Waals surface area contributed by atoms with Crippen molar-refractivity contribution in [1.82, 2.24) is 5.32 Å². The highest BCUT2D eigenvalue weighted by molar-refractivity contribution is 5.29. The molecule has 1 nitrogen and oxygen atoms in total. The molecule has 0 aliphatic heterocycles. The monoisotopic (exact) mass is 253 g/mol. The van der Waals surface area contributed by atoms with Gasteiger partial charge in [0.05, 0.1) is 0 Å². The Labute approximate surface area is 108 Å². The lowest BCUT2D eigenvalue weighted by atomic mass is 9.86. The SMILES string of the molecule is CNC1CCCCCC1c1ccc(C)c(F)c1F. The van der Waals surface area contributed by atoms with E-state index in [-0.39, 0.29) is 12.0 Å². The molecule has 0 spiro atoms. The molecule has 1 saturated carbocycles. The molecule has 1 fully saturated rings. The first-order chi connectivity index (χ1) is 8.65. The predicted octanol–water partition coefficient (Wildman–Crippen LogP) is 3.91. The minimum Gasteiger partial charge on any atom is -0.316 e. The van der Waals surface area contributed by atoms with E-state index in [2.05, 4.69) is 5.32 Å². The van der Waals surface area contributed by atoms with Crippen LogP contribution < -0.4 is 5.32 Å². The maximum absolute atomic E-state index is 14.1. The van der Waals surface area contributed by atoms with E-state index >= 15 is 0 Å². The van der Waals surface area contributed by atoms with Gasteiger partial charge in [0.2, 0.25) is 0 Å². The van der Waals surface area contributed by atoms with E-state index < -0.39 is 11.6 Å². The summed E-state index contributed by atoms with van der Waals surface area (Å²) >= 11 is 0. The average Bonchev–Trinajstić information content (AvgIpc) is 2.61. The standard InChI is InChI=1S/C15H21F2N/c1-10-8-9-12(15(17)14(10)16)11-6-4-3-5-7-13(11)18-2/h8-9,11,13,18H,3-7H2,1-2H3. The summed E-state index contributed by atoms with van der Waals surface area (Å²) in [6, 6.07) is 3.70. The summed E-state index contributed by atoms with van der Waals surface area (Å²) in [5.74, 6) is -1.25. The van der Waals surface area contributed by atoms with Crippen molar-refractivity contribution in [3.05, 3.63) is 34.9 Å². The summed E-state index contributed by atoms with van der Waals surface area (Å²) in [6.07, 6.45) is 5.42. The third kappa shape index (κ3) is 2.56. The maximum Gasteiger partial charge on any atom is 0.162 e. The first kappa shape index (κ1) is 13.5. The number of aryl methyl sites for hydroxylation is 1. The minimum atomic E-state index is -0.688. The van der Waals surface area contributed by atoms with E-state index in [0.717, 1.165) is 25.7 Å². The second-order valence-corrected chi connectivity index (χ2v) is 5.24. The zero-order valence-electron chi connectivity index (χ0n) is 11.1. The van der Waals surface area contributed by atoms with E-state index in [1.807, 2.05) is 7.05 Å². The van der Waals surface area contributed by atoms with Gasteiger partial charge < -0.3 is 5.32 Å². The molecule has 1 aromatic carbocycles. The van der Waals surface area contributed by atoms with Crippen LogP contribution in [0.3, 0.4) is 0 Å². The first-order valence-corrected chi connectivity index (χ1v) is 6.77. The van der Waals surface area contributed by atoms with Crippen molar-refractivity contribution in [1.29, 1.82) is 0 Å². The number of rotatable bonds is 2. The molecule has 0 aromatic heterocycles. The van der Waals surface area contributed by atoms with Crippen LogP contribution in [0.4, 0.5) is 8.78 Å². The van der Waals surface area contributed by atoms with Gasteiger partial charge in [0.15, 0.2) is 11.6 Å². The molecule has 2 rings (SSSR count). The van der Waals surface area contributed by atoms with E-state index in [1.165, 1.54) is 6.42 Å². The van der Waals surface area contributed by atoms with Gasteiger partial charge in [-0.3, -0.25) is 0 Å². The van der Waals surface area contributed by atoms with E-state index in [0.29, 0.717) is 11.1 Å². The van der Waals surface area contributed by atoms with Crippen LogP contribution in [-0.2, 0) is 0 Å². The molecule has 18 heavy (non-hydrogen) atoms. The normalized spacial score (nSPS) is 24.9. The molecule has 1 aliphatic rings. The van der Waals surface area contributed by atoms with Crippen LogP contribution in [-0.4, -0.2) is 13.1 Å². The molecule has 0 bridgehead atoms. The topological polar surface area (TPSA) is 12.0 Å². The Hall–Kier alpha value is -0.960. The van der Waals surface area contributed by atoms with Crippen molar-refractivity contribution in [3.63, 3.8) is 0 Å². The van der Waals surface area contributed by atoms with Gasteiger partial charge in [-0.1, -0.05) is 31.4 Å². The lowest BCUT2D eigenvalue weighted by Gasteiger charge is -2.25. The lowest BCUT2D eigenvalue weighted by molar-refractivity contribution is 0.412. The van der Waals surface area contributed by atoms with Crippen molar-refractivity contribution in [2.24, 2.45) is 0 Å². The highest BCUT2D eigenvalue weighted by Gasteiger charge is 2.27. The molecule has 100 valence electrons. The quantitative estimate of drug-likeness (QED) is 0.788. The van der Waals surface area contributed by atoms with Gasteiger partial charge in [0, 0.05) is 12.0 Å². The van der Waals surface area contributed by atoms with E-state index in [9.17, 15) is 8.78 Å². The Morgan fingerprint density at radius 1 is 1.06 bits per heavy atom. The van der Waals surface area contributed by atoms with E-state index in [4.69, 9.17) is 0 Å². The maximum atomic E-state index is 14.1. The number of hydrogen-bond acceptors (Lipinski definition) is 1. The largest absolute Gasteiger partial charge is 0.316 e. The Kier molecular flexibility index (Phi) is 4.33. The molecule has 1 aliphatic carbocycles. The molecular formula is C15H21F2N. The fourth-order valence-electron chi connectivity index (χ4n) is 2.97. The summed E-state index contributed by atoms with van der Waals surface area (Å²) in [5.41, 5.74) is 0.922. The second-order valence-electron chi connectivity index (χ2n) is 5.24. The molecular weight excluding hydrogens is 232 g/mol. The highest BCUT2D eigenvalue weighted by atomic mass is 19.2. The van der Waals surface area contributed by atoms with Gasteiger partial charge in [-0.15, -0.1) is 0 Å². The van der Waals surface area contributed by atoms with Crippen molar-refractivity contribution in [2.45, 2.75) is 51.0 Å². The van der Waals surface area contributed by atoms with Gasteiger partial charge in [0.25, 0.3) is 0 Å². The summed E-state index contributed by atoms with van der Waals surface area (Å²) < 4.78 is 27.8. The average molecular weight is 253 g/mol. The molecule has 2 unspecified atom stereocenters. The smallest absolute Gasteiger partial charge is 0.162 e. The van der Waals surface area contributed by atoms with Gasteiger partial charge >= 0.3 is 0 Å². The minimum absolute atomic E-state index is 0.0904. The molecule has 3 heteroatoms. The van der Waals surface area contributed by atoms with Crippen molar-refractivity contribution < 1.29 is 8.78 Å². The number of benzene rings is 1. The number of halogens is 2. The van der Waals surface area contributed by atoms with Gasteiger partial charge in [0.1, 0.15) is 0 Å². The molecule has 1 N–H and O–H groups in total. The van der Waals surface area contributed by atoms with Crippen molar-refractivity contribution >= 4 is 0 Å². The number of nitrogens with one attached hydrogen (secondary N) is 1. The molecule has 0 amide bonds. The Balaban J connectivity index is 2.36. The van der Waals surface area contributed by atoms with Gasteiger partial charge in [-0.2, -0.15) is 0 Å². The molecule has 1 aromatic rings. The van der Waals surface area contributed by atoms with Crippen LogP contribution in [0.2, 0.25) is 0 Å². The van der Waals surface area contributed by atoms with Crippen LogP contribution in [0.1, 0.15) is 49.1 Å². The van der Waals surface area contributed by atoms with Crippen LogP contribution >= 0.6 is 0 Å². The van der Waals surface area contributed by atoms with Crippen LogP contribution in [0, 0.1) is 18.6 Å². The van der Waals surface area contributed by atoms with E-state index in [1.54, 1.807) is 19.1 Å². The fraction of sp³-hybridized carbons (Fsp3) is 0.600. The third-order valence-corrected chi connectivity index (χ3v) is 4.09. The number of hydrogen-bond donors (Lipinski definition) is 1. The molecule has 0 saturated heterocycles. The van der Waals surface area contributed by atoms with Gasteiger partial charge in [-0.25, -0.2) is 8.78 Å². The summed E-state index contributed by atoms with van der Waals surface area (Å²) in [7, 11) is 1.91. The molecule has 0 radical (unpaired) electrons. The Morgan fingerprint density at radius 3 is 2.50 bits per heavy atom. The summed E-state index contributed by atoms with van der Waals surface area (Å²) in [6.45, 7) is 1.60. The first-order valence-electron chi connectivity index (χ1n) is 6.77. The molecule has 0 heterocycles. The van der Waals surface area contributed by atoms with Crippen LogP contribution in [0.25, 0.3) is 0 Å². The van der Waals surface area contributed by atoms with Crippen LogP contribution in [0.15, 0.2) is 12.1 Å². The van der Waals surface area contributed by atoms with Gasteiger partial charge in [-0.05, 0) is 37.9 Å². The third-order valence-electron chi connectivity index (χ3n) is 4.09. The summed E-state index contributed by atoms with van der Waals surface area (Å²) in [5, 5.41) is 3.26. The second kappa shape index (κ2) is 5.79.